The van der Waals surface area contributed by atoms with Gasteiger partial charge in [0.2, 0.25) is 0 Å². The summed E-state index contributed by atoms with van der Waals surface area (Å²) in [5, 5.41) is 21.0. The van der Waals surface area contributed by atoms with Gasteiger partial charge in [0.25, 0.3) is 5.69 Å². The summed E-state index contributed by atoms with van der Waals surface area (Å²) in [6, 6.07) is 5.32. The second kappa shape index (κ2) is 4.94. The van der Waals surface area contributed by atoms with E-state index in [9.17, 15) is 15.2 Å². The molecule has 1 saturated heterocycles. The largest absolute Gasteiger partial charge is 0.391 e. The van der Waals surface area contributed by atoms with Crippen molar-refractivity contribution in [1.29, 1.82) is 0 Å². The zero-order valence-corrected chi connectivity index (χ0v) is 10.7. The van der Waals surface area contributed by atoms with Gasteiger partial charge < -0.3 is 10.0 Å². The third kappa shape index (κ3) is 2.31. The number of piperidine rings is 1. The number of hydrogen-bond acceptors (Lipinski definition) is 4. The molecule has 0 saturated carbocycles. The predicted molar refractivity (Wildman–Crippen MR) is 69.8 cm³/mol. The molecule has 0 aromatic heterocycles. The lowest BCUT2D eigenvalue weighted by Gasteiger charge is -2.35. The van der Waals surface area contributed by atoms with Gasteiger partial charge in [0, 0.05) is 18.7 Å². The molecule has 1 N–H and O–H groups in total. The molecule has 0 bridgehead atoms. The van der Waals surface area contributed by atoms with E-state index in [2.05, 4.69) is 0 Å². The predicted octanol–water partition coefficient (Wildman–Crippen LogP) is 2.11. The number of nitro groups is 1. The van der Waals surface area contributed by atoms with Crippen molar-refractivity contribution in [3.8, 4) is 0 Å². The number of aryl methyl sites for hydroxylation is 1. The fourth-order valence-corrected chi connectivity index (χ4v) is 2.40. The summed E-state index contributed by atoms with van der Waals surface area (Å²) in [5.41, 5.74) is 1.43. The highest BCUT2D eigenvalue weighted by molar-refractivity contribution is 5.66. The molecule has 1 aromatic carbocycles. The van der Waals surface area contributed by atoms with Gasteiger partial charge in [-0.25, -0.2) is 0 Å². The number of anilines is 1. The second-order valence-corrected chi connectivity index (χ2v) is 4.98. The maximum atomic E-state index is 11.1. The number of hydrogen-bond donors (Lipinski definition) is 1. The minimum absolute atomic E-state index is 0.152. The Bertz CT molecular complexity index is 462. The van der Waals surface area contributed by atoms with Crippen LogP contribution in [0.3, 0.4) is 0 Å². The summed E-state index contributed by atoms with van der Waals surface area (Å²) in [5.74, 6) is 0.255. The zero-order chi connectivity index (χ0) is 13.3. The molecule has 18 heavy (non-hydrogen) atoms. The van der Waals surface area contributed by atoms with E-state index in [0.717, 1.165) is 13.0 Å². The highest BCUT2D eigenvalue weighted by Gasteiger charge is 2.29. The summed E-state index contributed by atoms with van der Waals surface area (Å²) < 4.78 is 0. The van der Waals surface area contributed by atoms with Gasteiger partial charge in [0.15, 0.2) is 0 Å². The van der Waals surface area contributed by atoms with Gasteiger partial charge in [-0.2, -0.15) is 0 Å². The minimum atomic E-state index is -0.418. The zero-order valence-electron chi connectivity index (χ0n) is 10.7. The molecule has 2 rings (SSSR count). The van der Waals surface area contributed by atoms with Gasteiger partial charge in [-0.1, -0.05) is 19.1 Å². The van der Waals surface area contributed by atoms with Crippen LogP contribution in [0.15, 0.2) is 18.2 Å². The van der Waals surface area contributed by atoms with Crippen LogP contribution in [0.2, 0.25) is 0 Å². The Hall–Kier alpha value is -1.62. The molecule has 0 radical (unpaired) electrons. The fraction of sp³-hybridized carbons (Fsp3) is 0.538. The average Bonchev–Trinajstić information content (AvgIpc) is 2.32. The third-order valence-electron chi connectivity index (χ3n) is 3.66. The fourth-order valence-electron chi connectivity index (χ4n) is 2.40. The minimum Gasteiger partial charge on any atom is -0.391 e. The lowest BCUT2D eigenvalue weighted by molar-refractivity contribution is -0.384. The van der Waals surface area contributed by atoms with Crippen molar-refractivity contribution >= 4 is 11.4 Å². The van der Waals surface area contributed by atoms with Crippen LogP contribution in [0.1, 0.15) is 18.9 Å². The topological polar surface area (TPSA) is 66.6 Å². The first-order valence-corrected chi connectivity index (χ1v) is 6.17. The van der Waals surface area contributed by atoms with Crippen molar-refractivity contribution in [2.45, 2.75) is 26.4 Å². The van der Waals surface area contributed by atoms with E-state index >= 15 is 0 Å². The highest BCUT2D eigenvalue weighted by Crippen LogP contribution is 2.33. The first-order valence-electron chi connectivity index (χ1n) is 6.17. The van der Waals surface area contributed by atoms with E-state index in [1.165, 1.54) is 0 Å². The normalized spacial score (nSPS) is 24.1. The first kappa shape index (κ1) is 12.8. The van der Waals surface area contributed by atoms with Crippen molar-refractivity contribution in [2.75, 3.05) is 18.0 Å². The SMILES string of the molecule is Cc1cccc(N2CC[C@@H](C)[C@H](O)C2)c1[N+](=O)[O-]. The van der Waals surface area contributed by atoms with Crippen molar-refractivity contribution in [3.63, 3.8) is 0 Å². The number of benzene rings is 1. The molecule has 98 valence electrons. The third-order valence-corrected chi connectivity index (χ3v) is 3.66. The molecular weight excluding hydrogens is 232 g/mol. The molecule has 0 spiro atoms. The Morgan fingerprint density at radius 3 is 2.83 bits per heavy atom. The Morgan fingerprint density at radius 1 is 1.50 bits per heavy atom. The van der Waals surface area contributed by atoms with Crippen LogP contribution >= 0.6 is 0 Å². The first-order chi connectivity index (χ1) is 8.50. The van der Waals surface area contributed by atoms with Gasteiger partial charge in [-0.15, -0.1) is 0 Å². The second-order valence-electron chi connectivity index (χ2n) is 4.98. The van der Waals surface area contributed by atoms with Crippen LogP contribution in [-0.4, -0.2) is 29.2 Å². The number of β-amino-alcohol motifs (C(OH)–C–C–N with tert-alkyl or cyclic N) is 1. The maximum Gasteiger partial charge on any atom is 0.295 e. The number of para-hydroxylation sites is 1. The molecule has 1 fully saturated rings. The Morgan fingerprint density at radius 2 is 2.22 bits per heavy atom. The van der Waals surface area contributed by atoms with Gasteiger partial charge >= 0.3 is 0 Å². The summed E-state index contributed by atoms with van der Waals surface area (Å²) in [4.78, 5) is 12.7. The smallest absolute Gasteiger partial charge is 0.295 e. The van der Waals surface area contributed by atoms with Crippen LogP contribution < -0.4 is 4.90 Å². The van der Waals surface area contributed by atoms with E-state index in [-0.39, 0.29) is 16.5 Å². The van der Waals surface area contributed by atoms with E-state index < -0.39 is 6.10 Å². The molecule has 0 unspecified atom stereocenters. The lowest BCUT2D eigenvalue weighted by Crippen LogP contribution is -2.43. The van der Waals surface area contributed by atoms with E-state index in [1.807, 2.05) is 17.9 Å². The molecule has 2 atom stereocenters. The van der Waals surface area contributed by atoms with Crippen molar-refractivity contribution < 1.29 is 10.0 Å². The summed E-state index contributed by atoms with van der Waals surface area (Å²) in [6.45, 7) is 4.96. The molecule has 0 amide bonds. The monoisotopic (exact) mass is 250 g/mol. The number of aliphatic hydroxyl groups is 1. The quantitative estimate of drug-likeness (QED) is 0.645. The molecule has 1 heterocycles. The van der Waals surface area contributed by atoms with Crippen LogP contribution in [0, 0.1) is 23.0 Å². The van der Waals surface area contributed by atoms with Gasteiger partial charge in [0.1, 0.15) is 5.69 Å². The molecule has 5 nitrogen and oxygen atoms in total. The Balaban J connectivity index is 2.34. The van der Waals surface area contributed by atoms with Gasteiger partial charge in [-0.05, 0) is 25.3 Å². The summed E-state index contributed by atoms with van der Waals surface area (Å²) in [7, 11) is 0. The van der Waals surface area contributed by atoms with E-state index in [1.54, 1.807) is 19.1 Å². The van der Waals surface area contributed by atoms with Gasteiger partial charge in [0.05, 0.1) is 11.0 Å². The number of aliphatic hydroxyl groups excluding tert-OH is 1. The molecule has 1 aliphatic heterocycles. The maximum absolute atomic E-state index is 11.1. The van der Waals surface area contributed by atoms with Crippen LogP contribution in [0.5, 0.6) is 0 Å². The molecular formula is C13H18N2O3. The molecule has 1 aliphatic rings. The Labute approximate surface area is 106 Å². The van der Waals surface area contributed by atoms with Crippen molar-refractivity contribution in [3.05, 3.63) is 33.9 Å². The standard InChI is InChI=1S/C13H18N2O3/c1-9-6-7-14(8-12(9)16)11-5-3-4-10(2)13(11)15(17)18/h3-5,9,12,16H,6-8H2,1-2H3/t9-,12-/m1/s1. The number of nitrogens with zero attached hydrogens (tertiary/aromatic N) is 2. The summed E-state index contributed by atoms with van der Waals surface area (Å²) in [6.07, 6.45) is 0.436. The van der Waals surface area contributed by atoms with Crippen molar-refractivity contribution in [2.24, 2.45) is 5.92 Å². The number of nitro benzene ring substituents is 1. The molecule has 1 aromatic rings. The van der Waals surface area contributed by atoms with Crippen molar-refractivity contribution in [1.82, 2.24) is 0 Å². The Kier molecular flexibility index (Phi) is 3.52. The van der Waals surface area contributed by atoms with E-state index in [0.29, 0.717) is 17.8 Å². The van der Waals surface area contributed by atoms with E-state index in [4.69, 9.17) is 0 Å². The summed E-state index contributed by atoms with van der Waals surface area (Å²) >= 11 is 0. The molecule has 5 heteroatoms. The lowest BCUT2D eigenvalue weighted by atomic mass is 9.95. The highest BCUT2D eigenvalue weighted by atomic mass is 16.6. The molecule has 0 aliphatic carbocycles. The average molecular weight is 250 g/mol. The van der Waals surface area contributed by atoms with Crippen LogP contribution in [0.25, 0.3) is 0 Å². The van der Waals surface area contributed by atoms with Gasteiger partial charge in [-0.3, -0.25) is 10.1 Å². The van der Waals surface area contributed by atoms with Crippen LogP contribution in [0.4, 0.5) is 11.4 Å². The number of rotatable bonds is 2. The van der Waals surface area contributed by atoms with Crippen LogP contribution in [-0.2, 0) is 0 Å².